The summed E-state index contributed by atoms with van der Waals surface area (Å²) >= 11 is 6.12. The van der Waals surface area contributed by atoms with Gasteiger partial charge in [0.1, 0.15) is 4.90 Å². The van der Waals surface area contributed by atoms with E-state index in [9.17, 15) is 8.42 Å². The van der Waals surface area contributed by atoms with Gasteiger partial charge in [-0.15, -0.1) is 11.6 Å². The Balaban J connectivity index is 2.58. The van der Waals surface area contributed by atoms with Crippen molar-refractivity contribution in [2.75, 3.05) is 6.54 Å². The van der Waals surface area contributed by atoms with Crippen LogP contribution in [-0.2, 0) is 17.1 Å². The number of nitrogens with one attached hydrogen (secondary N) is 1. The first-order valence-electron chi connectivity index (χ1n) is 5.72. The second-order valence-corrected chi connectivity index (χ2v) is 7.95. The van der Waals surface area contributed by atoms with E-state index < -0.39 is 10.0 Å². The smallest absolute Gasteiger partial charge is 0.243 e. The van der Waals surface area contributed by atoms with Crippen LogP contribution in [0.15, 0.2) is 17.3 Å². The molecule has 0 aromatic carbocycles. The number of aryl methyl sites for hydroxylation is 1. The standard InChI is InChI=1S/C11H20ClN3O2S/c1-11(2,3)5-9(12)6-14-18(16,17)10-7-13-15(4)8-10/h7-9,14H,5-6H2,1-4H3. The third kappa shape index (κ3) is 4.96. The van der Waals surface area contributed by atoms with Gasteiger partial charge in [0, 0.05) is 25.2 Å². The summed E-state index contributed by atoms with van der Waals surface area (Å²) in [5.74, 6) is 0. The highest BCUT2D eigenvalue weighted by atomic mass is 35.5. The summed E-state index contributed by atoms with van der Waals surface area (Å²) in [4.78, 5) is 0.157. The minimum absolute atomic E-state index is 0.0756. The van der Waals surface area contributed by atoms with Gasteiger partial charge in [-0.25, -0.2) is 13.1 Å². The Bertz CT molecular complexity index is 491. The van der Waals surface area contributed by atoms with Gasteiger partial charge in [-0.3, -0.25) is 4.68 Å². The fourth-order valence-electron chi connectivity index (χ4n) is 1.56. The summed E-state index contributed by atoms with van der Waals surface area (Å²) in [7, 11) is -1.84. The van der Waals surface area contributed by atoms with Crippen LogP contribution in [-0.4, -0.2) is 30.1 Å². The van der Waals surface area contributed by atoms with Gasteiger partial charge in [-0.2, -0.15) is 5.10 Å². The van der Waals surface area contributed by atoms with Crippen LogP contribution in [0.1, 0.15) is 27.2 Å². The molecule has 0 fully saturated rings. The lowest BCUT2D eigenvalue weighted by molar-refractivity contribution is 0.369. The maximum absolute atomic E-state index is 11.9. The van der Waals surface area contributed by atoms with Crippen LogP contribution in [0.2, 0.25) is 0 Å². The number of hydrogen-bond acceptors (Lipinski definition) is 3. The number of alkyl halides is 1. The first-order chi connectivity index (χ1) is 8.10. The maximum Gasteiger partial charge on any atom is 0.243 e. The molecular formula is C11H20ClN3O2S. The van der Waals surface area contributed by atoms with Gasteiger partial charge in [-0.05, 0) is 11.8 Å². The fraction of sp³-hybridized carbons (Fsp3) is 0.727. The van der Waals surface area contributed by atoms with Crippen LogP contribution in [0, 0.1) is 5.41 Å². The molecule has 0 aliphatic carbocycles. The summed E-state index contributed by atoms with van der Waals surface area (Å²) < 4.78 is 27.7. The summed E-state index contributed by atoms with van der Waals surface area (Å²) in [6, 6.07) is 0. The van der Waals surface area contributed by atoms with E-state index in [2.05, 4.69) is 30.6 Å². The van der Waals surface area contributed by atoms with Crippen LogP contribution in [0.25, 0.3) is 0 Å². The Hall–Kier alpha value is -0.590. The molecule has 104 valence electrons. The topological polar surface area (TPSA) is 64.0 Å². The van der Waals surface area contributed by atoms with Crippen LogP contribution >= 0.6 is 11.6 Å². The second kappa shape index (κ2) is 5.59. The van der Waals surface area contributed by atoms with Crippen molar-refractivity contribution in [1.29, 1.82) is 0 Å². The number of nitrogens with zero attached hydrogens (tertiary/aromatic N) is 2. The van der Waals surface area contributed by atoms with Crippen molar-refractivity contribution >= 4 is 21.6 Å². The molecule has 0 amide bonds. The molecule has 0 aliphatic rings. The second-order valence-electron chi connectivity index (χ2n) is 5.56. The van der Waals surface area contributed by atoms with E-state index >= 15 is 0 Å². The van der Waals surface area contributed by atoms with Gasteiger partial charge in [0.25, 0.3) is 0 Å². The quantitative estimate of drug-likeness (QED) is 0.841. The highest BCUT2D eigenvalue weighted by Gasteiger charge is 2.21. The maximum atomic E-state index is 11.9. The average Bonchev–Trinajstić information content (AvgIpc) is 2.60. The molecule has 0 saturated carbocycles. The molecule has 1 heterocycles. The molecule has 1 aromatic heterocycles. The monoisotopic (exact) mass is 293 g/mol. The predicted molar refractivity (Wildman–Crippen MR) is 72.1 cm³/mol. The zero-order valence-electron chi connectivity index (χ0n) is 11.1. The Kier molecular flexibility index (Phi) is 4.80. The van der Waals surface area contributed by atoms with E-state index in [-0.39, 0.29) is 22.2 Å². The minimum Gasteiger partial charge on any atom is -0.274 e. The van der Waals surface area contributed by atoms with E-state index in [0.29, 0.717) is 0 Å². The molecule has 1 N–H and O–H groups in total. The highest BCUT2D eigenvalue weighted by Crippen LogP contribution is 2.23. The molecule has 0 bridgehead atoms. The van der Waals surface area contributed by atoms with Crippen molar-refractivity contribution in [3.8, 4) is 0 Å². The predicted octanol–water partition coefficient (Wildman–Crippen LogP) is 1.74. The van der Waals surface area contributed by atoms with Gasteiger partial charge < -0.3 is 0 Å². The lowest BCUT2D eigenvalue weighted by Crippen LogP contribution is -2.31. The van der Waals surface area contributed by atoms with Crippen LogP contribution in [0.3, 0.4) is 0 Å². The van der Waals surface area contributed by atoms with E-state index in [1.807, 2.05) is 0 Å². The zero-order chi connectivity index (χ0) is 14.0. The molecule has 5 nitrogen and oxygen atoms in total. The Morgan fingerprint density at radius 3 is 2.56 bits per heavy atom. The lowest BCUT2D eigenvalue weighted by atomic mass is 9.90. The summed E-state index contributed by atoms with van der Waals surface area (Å²) in [6.07, 6.45) is 3.51. The van der Waals surface area contributed by atoms with E-state index in [1.54, 1.807) is 7.05 Å². The van der Waals surface area contributed by atoms with Crippen molar-refractivity contribution in [3.63, 3.8) is 0 Å². The number of hydrogen-bond donors (Lipinski definition) is 1. The van der Waals surface area contributed by atoms with Gasteiger partial charge in [0.15, 0.2) is 0 Å². The van der Waals surface area contributed by atoms with Crippen LogP contribution in [0.5, 0.6) is 0 Å². The molecular weight excluding hydrogens is 274 g/mol. The third-order valence-electron chi connectivity index (χ3n) is 2.32. The molecule has 1 unspecified atom stereocenters. The first kappa shape index (κ1) is 15.5. The minimum atomic E-state index is -3.51. The van der Waals surface area contributed by atoms with E-state index in [1.165, 1.54) is 17.1 Å². The Morgan fingerprint density at radius 2 is 2.11 bits per heavy atom. The van der Waals surface area contributed by atoms with Crippen molar-refractivity contribution in [2.24, 2.45) is 12.5 Å². The van der Waals surface area contributed by atoms with Gasteiger partial charge in [0.05, 0.1) is 6.20 Å². The van der Waals surface area contributed by atoms with Crippen molar-refractivity contribution in [2.45, 2.75) is 37.5 Å². The Labute approximate surface area is 114 Å². The number of halogens is 1. The van der Waals surface area contributed by atoms with E-state index in [0.717, 1.165) is 6.42 Å². The van der Waals surface area contributed by atoms with Gasteiger partial charge >= 0.3 is 0 Å². The average molecular weight is 294 g/mol. The molecule has 0 spiro atoms. The van der Waals surface area contributed by atoms with Gasteiger partial charge in [0.2, 0.25) is 10.0 Å². The van der Waals surface area contributed by atoms with Crippen LogP contribution < -0.4 is 4.72 Å². The molecule has 1 aromatic rings. The third-order valence-corrected chi connectivity index (χ3v) is 4.01. The summed E-state index contributed by atoms with van der Waals surface area (Å²) in [5.41, 5.74) is 0.0756. The molecule has 0 aliphatic heterocycles. The highest BCUT2D eigenvalue weighted by molar-refractivity contribution is 7.89. The Morgan fingerprint density at radius 1 is 1.50 bits per heavy atom. The molecule has 0 saturated heterocycles. The number of rotatable bonds is 5. The molecule has 0 radical (unpaired) electrons. The number of aromatic nitrogens is 2. The van der Waals surface area contributed by atoms with Crippen molar-refractivity contribution < 1.29 is 8.42 Å². The van der Waals surface area contributed by atoms with Crippen molar-refractivity contribution in [3.05, 3.63) is 12.4 Å². The largest absolute Gasteiger partial charge is 0.274 e. The summed E-state index contributed by atoms with van der Waals surface area (Å²) in [5, 5.41) is 3.61. The SMILES string of the molecule is Cn1cc(S(=O)(=O)NCC(Cl)CC(C)(C)C)cn1. The number of sulfonamides is 1. The van der Waals surface area contributed by atoms with E-state index in [4.69, 9.17) is 11.6 Å². The lowest BCUT2D eigenvalue weighted by Gasteiger charge is -2.21. The summed E-state index contributed by atoms with van der Waals surface area (Å²) in [6.45, 7) is 6.42. The van der Waals surface area contributed by atoms with Gasteiger partial charge in [-0.1, -0.05) is 20.8 Å². The van der Waals surface area contributed by atoms with Crippen LogP contribution in [0.4, 0.5) is 0 Å². The molecule has 18 heavy (non-hydrogen) atoms. The normalized spacial score (nSPS) is 14.7. The van der Waals surface area contributed by atoms with Crippen molar-refractivity contribution in [1.82, 2.24) is 14.5 Å². The zero-order valence-corrected chi connectivity index (χ0v) is 12.7. The first-order valence-corrected chi connectivity index (χ1v) is 7.64. The fourth-order valence-corrected chi connectivity index (χ4v) is 3.25. The molecule has 7 heteroatoms. The molecule has 1 rings (SSSR count). The molecule has 1 atom stereocenters.